The molecule has 0 rings (SSSR count). The maximum Gasteiger partial charge on any atom is 0.407 e. The number of amides is 2. The van der Waals surface area contributed by atoms with Gasteiger partial charge < -0.3 is 24.9 Å². The van der Waals surface area contributed by atoms with Crippen LogP contribution >= 0.6 is 0 Å². The molecule has 2 amide bonds. The number of ether oxygens (including phenoxy) is 2. The molecular formula is C11H21N3O6. The molecule has 9 nitrogen and oxygen atoms in total. The van der Waals surface area contributed by atoms with Crippen LogP contribution in [-0.4, -0.2) is 52.0 Å². The highest BCUT2D eigenvalue weighted by atomic mass is 16.7. The van der Waals surface area contributed by atoms with Crippen molar-refractivity contribution in [2.24, 2.45) is 0 Å². The molecule has 0 aromatic carbocycles. The van der Waals surface area contributed by atoms with Gasteiger partial charge in [-0.2, -0.15) is 5.48 Å². The molecule has 0 fully saturated rings. The smallest absolute Gasteiger partial charge is 0.407 e. The van der Waals surface area contributed by atoms with Gasteiger partial charge in [-0.25, -0.2) is 14.4 Å². The molecule has 0 aliphatic carbocycles. The molecule has 0 aliphatic heterocycles. The summed E-state index contributed by atoms with van der Waals surface area (Å²) in [6.45, 7) is 0.415. The van der Waals surface area contributed by atoms with Crippen molar-refractivity contribution in [1.29, 1.82) is 0 Å². The Balaban J connectivity index is 4.06. The Labute approximate surface area is 117 Å². The van der Waals surface area contributed by atoms with E-state index in [1.807, 2.05) is 0 Å². The molecule has 9 heteroatoms. The zero-order chi connectivity index (χ0) is 15.4. The molecule has 0 saturated carbocycles. The molecule has 3 N–H and O–H groups in total. The van der Waals surface area contributed by atoms with Crippen LogP contribution < -0.4 is 16.1 Å². The van der Waals surface area contributed by atoms with Gasteiger partial charge in [-0.3, -0.25) is 0 Å². The van der Waals surface area contributed by atoms with Crippen LogP contribution in [0.3, 0.4) is 0 Å². The number of carbonyl (C=O) groups is 3. The normalized spacial score (nSPS) is 11.2. The van der Waals surface area contributed by atoms with Crippen molar-refractivity contribution in [3.63, 3.8) is 0 Å². The lowest BCUT2D eigenvalue weighted by Crippen LogP contribution is -2.43. The Morgan fingerprint density at radius 1 is 1.05 bits per heavy atom. The SMILES string of the molecule is CNOC(=O)C(CCCCNC(=O)OC)NC(=O)OC. The fourth-order valence-corrected chi connectivity index (χ4v) is 1.36. The van der Waals surface area contributed by atoms with E-state index in [-0.39, 0.29) is 0 Å². The molecule has 20 heavy (non-hydrogen) atoms. The van der Waals surface area contributed by atoms with Crippen molar-refractivity contribution < 1.29 is 28.7 Å². The van der Waals surface area contributed by atoms with Gasteiger partial charge in [0.1, 0.15) is 6.04 Å². The summed E-state index contributed by atoms with van der Waals surface area (Å²) in [7, 11) is 3.92. The summed E-state index contributed by atoms with van der Waals surface area (Å²) >= 11 is 0. The van der Waals surface area contributed by atoms with E-state index < -0.39 is 24.2 Å². The Morgan fingerprint density at radius 3 is 2.25 bits per heavy atom. The summed E-state index contributed by atoms with van der Waals surface area (Å²) in [6.07, 6.45) is 0.358. The number of nitrogens with one attached hydrogen (secondary N) is 3. The Hall–Kier alpha value is -2.03. The first-order valence-corrected chi connectivity index (χ1v) is 6.08. The maximum atomic E-state index is 11.6. The zero-order valence-corrected chi connectivity index (χ0v) is 11.9. The minimum atomic E-state index is -0.812. The predicted octanol–water partition coefficient (Wildman–Crippen LogP) is -0.0851. The van der Waals surface area contributed by atoms with Crippen molar-refractivity contribution in [2.75, 3.05) is 27.8 Å². The first-order valence-electron chi connectivity index (χ1n) is 6.08. The van der Waals surface area contributed by atoms with E-state index in [1.165, 1.54) is 21.3 Å². The van der Waals surface area contributed by atoms with Crippen LogP contribution in [0.25, 0.3) is 0 Å². The standard InChI is InChI=1S/C11H21N3O6/c1-12-20-9(15)8(14-11(17)19-3)6-4-5-7-13-10(16)18-2/h8,12H,4-7H2,1-3H3,(H,13,16)(H,14,17). The number of hydroxylamine groups is 1. The Kier molecular flexibility index (Phi) is 9.75. The predicted molar refractivity (Wildman–Crippen MR) is 68.7 cm³/mol. The van der Waals surface area contributed by atoms with Crippen LogP contribution in [0.4, 0.5) is 9.59 Å². The van der Waals surface area contributed by atoms with E-state index in [0.717, 1.165) is 0 Å². The van der Waals surface area contributed by atoms with E-state index in [9.17, 15) is 14.4 Å². The summed E-state index contributed by atoms with van der Waals surface area (Å²) in [5.74, 6) is -0.612. The van der Waals surface area contributed by atoms with Gasteiger partial charge in [-0.05, 0) is 19.3 Å². The minimum Gasteiger partial charge on any atom is -0.453 e. The fraction of sp³-hybridized carbons (Fsp3) is 0.727. The lowest BCUT2D eigenvalue weighted by atomic mass is 10.1. The Bertz CT molecular complexity index is 323. The molecule has 0 bridgehead atoms. The van der Waals surface area contributed by atoms with Gasteiger partial charge in [-0.15, -0.1) is 0 Å². The van der Waals surface area contributed by atoms with Crippen molar-refractivity contribution in [3.8, 4) is 0 Å². The summed E-state index contributed by atoms with van der Waals surface area (Å²) in [6, 6.07) is -0.812. The lowest BCUT2D eigenvalue weighted by molar-refractivity contribution is -0.152. The first-order chi connectivity index (χ1) is 9.54. The fourth-order valence-electron chi connectivity index (χ4n) is 1.36. The summed E-state index contributed by atoms with van der Waals surface area (Å²) in [4.78, 5) is 38.1. The molecule has 0 saturated heterocycles. The number of hydrogen-bond donors (Lipinski definition) is 3. The number of unbranched alkanes of at least 4 members (excludes halogenated alkanes) is 1. The van der Waals surface area contributed by atoms with E-state index in [4.69, 9.17) is 0 Å². The molecule has 0 heterocycles. The van der Waals surface area contributed by atoms with Gasteiger partial charge in [0.25, 0.3) is 0 Å². The maximum absolute atomic E-state index is 11.6. The van der Waals surface area contributed by atoms with Crippen LogP contribution in [0, 0.1) is 0 Å². The van der Waals surface area contributed by atoms with Crippen molar-refractivity contribution >= 4 is 18.2 Å². The second-order valence-electron chi connectivity index (χ2n) is 3.73. The number of methoxy groups -OCH3 is 2. The van der Waals surface area contributed by atoms with Gasteiger partial charge >= 0.3 is 18.2 Å². The minimum absolute atomic E-state index is 0.360. The number of rotatable bonds is 8. The van der Waals surface area contributed by atoms with E-state index in [0.29, 0.717) is 25.8 Å². The van der Waals surface area contributed by atoms with E-state index >= 15 is 0 Å². The van der Waals surface area contributed by atoms with Crippen LogP contribution in [0.2, 0.25) is 0 Å². The van der Waals surface area contributed by atoms with Crippen molar-refractivity contribution in [1.82, 2.24) is 16.1 Å². The van der Waals surface area contributed by atoms with E-state index in [1.54, 1.807) is 0 Å². The average Bonchev–Trinajstić information content (AvgIpc) is 2.45. The molecule has 0 aliphatic rings. The molecular weight excluding hydrogens is 270 g/mol. The topological polar surface area (TPSA) is 115 Å². The van der Waals surface area contributed by atoms with Gasteiger partial charge in [0.2, 0.25) is 0 Å². The number of carbonyl (C=O) groups excluding carboxylic acids is 3. The average molecular weight is 291 g/mol. The van der Waals surface area contributed by atoms with Crippen LogP contribution in [0.1, 0.15) is 19.3 Å². The van der Waals surface area contributed by atoms with E-state index in [2.05, 4.69) is 30.4 Å². The highest BCUT2D eigenvalue weighted by molar-refractivity contribution is 5.81. The summed E-state index contributed by atoms with van der Waals surface area (Å²) in [5.41, 5.74) is 2.25. The van der Waals surface area contributed by atoms with Crippen LogP contribution in [0.15, 0.2) is 0 Å². The second-order valence-corrected chi connectivity index (χ2v) is 3.73. The third-order valence-electron chi connectivity index (χ3n) is 2.34. The van der Waals surface area contributed by atoms with Gasteiger partial charge in [-0.1, -0.05) is 0 Å². The quantitative estimate of drug-likeness (QED) is 0.325. The molecule has 116 valence electrons. The highest BCUT2D eigenvalue weighted by Gasteiger charge is 2.22. The zero-order valence-electron chi connectivity index (χ0n) is 11.9. The van der Waals surface area contributed by atoms with Gasteiger partial charge in [0, 0.05) is 13.6 Å². The van der Waals surface area contributed by atoms with Gasteiger partial charge in [0.05, 0.1) is 14.2 Å². The summed E-state index contributed by atoms with van der Waals surface area (Å²) < 4.78 is 8.84. The largest absolute Gasteiger partial charge is 0.453 e. The van der Waals surface area contributed by atoms with Crippen LogP contribution in [-0.2, 0) is 19.1 Å². The first kappa shape index (κ1) is 18.0. The molecule has 1 atom stereocenters. The third-order valence-corrected chi connectivity index (χ3v) is 2.34. The summed E-state index contributed by atoms with van der Waals surface area (Å²) in [5, 5.41) is 4.89. The van der Waals surface area contributed by atoms with Gasteiger partial charge in [0.15, 0.2) is 0 Å². The van der Waals surface area contributed by atoms with Crippen molar-refractivity contribution in [3.05, 3.63) is 0 Å². The molecule has 0 aromatic rings. The third kappa shape index (κ3) is 8.14. The molecule has 1 unspecified atom stereocenters. The number of alkyl carbamates (subject to hydrolysis) is 2. The highest BCUT2D eigenvalue weighted by Crippen LogP contribution is 2.03. The van der Waals surface area contributed by atoms with Crippen molar-refractivity contribution in [2.45, 2.75) is 25.3 Å². The molecule has 0 radical (unpaired) electrons. The number of hydrogen-bond acceptors (Lipinski definition) is 7. The Morgan fingerprint density at radius 2 is 1.70 bits per heavy atom. The monoisotopic (exact) mass is 291 g/mol. The second kappa shape index (κ2) is 10.9. The molecule has 0 aromatic heterocycles. The van der Waals surface area contributed by atoms with Crippen LogP contribution in [0.5, 0.6) is 0 Å². The lowest BCUT2D eigenvalue weighted by Gasteiger charge is -2.16. The molecule has 0 spiro atoms.